The van der Waals surface area contributed by atoms with Gasteiger partial charge in [-0.15, -0.1) is 0 Å². The largest absolute Gasteiger partial charge is 0.417 e. The Morgan fingerprint density at radius 1 is 1.16 bits per heavy atom. The van der Waals surface area contributed by atoms with E-state index in [4.69, 9.17) is 10.5 Å². The van der Waals surface area contributed by atoms with Crippen molar-refractivity contribution in [2.75, 3.05) is 18.8 Å². The van der Waals surface area contributed by atoms with Crippen molar-refractivity contribution >= 4 is 33.5 Å². The molecule has 5 heterocycles. The summed E-state index contributed by atoms with van der Waals surface area (Å²) in [5.74, 6) is -1.25. The van der Waals surface area contributed by atoms with Crippen LogP contribution in [0.3, 0.4) is 0 Å². The Kier molecular flexibility index (Phi) is 5.72. The Morgan fingerprint density at radius 2 is 1.89 bits per heavy atom. The van der Waals surface area contributed by atoms with Crippen molar-refractivity contribution < 1.29 is 27.1 Å². The van der Waals surface area contributed by atoms with E-state index < -0.39 is 23.5 Å². The molecule has 13 heteroatoms. The van der Waals surface area contributed by atoms with E-state index in [0.29, 0.717) is 29.4 Å². The summed E-state index contributed by atoms with van der Waals surface area (Å²) in [6.45, 7) is 0.638. The molecule has 9 nitrogen and oxygen atoms in total. The first-order chi connectivity index (χ1) is 18.1. The second-order valence-corrected chi connectivity index (χ2v) is 9.60. The fourth-order valence-electron chi connectivity index (χ4n) is 5.21. The minimum Gasteiger partial charge on any atom is -0.383 e. The predicted molar refractivity (Wildman–Crippen MR) is 129 cm³/mol. The number of anilines is 1. The smallest absolute Gasteiger partial charge is 0.383 e. The van der Waals surface area contributed by atoms with Crippen LogP contribution in [-0.2, 0) is 24.5 Å². The molecule has 4 aromatic rings. The van der Waals surface area contributed by atoms with Gasteiger partial charge in [0, 0.05) is 37.8 Å². The highest BCUT2D eigenvalue weighted by molar-refractivity contribution is 6.10. The van der Waals surface area contributed by atoms with E-state index in [2.05, 4.69) is 15.1 Å². The normalized spacial score (nSPS) is 19.9. The number of rotatable bonds is 4. The van der Waals surface area contributed by atoms with Crippen LogP contribution >= 0.6 is 0 Å². The first kappa shape index (κ1) is 24.5. The quantitative estimate of drug-likeness (QED) is 0.403. The van der Waals surface area contributed by atoms with Crippen LogP contribution in [0.25, 0.3) is 21.8 Å². The molecule has 2 bridgehead atoms. The number of hydrazine groups is 1. The molecule has 2 atom stereocenters. The molecule has 0 radical (unpaired) electrons. The number of hydrogen-bond donors (Lipinski definition) is 1. The van der Waals surface area contributed by atoms with E-state index in [1.807, 2.05) is 0 Å². The Hall–Kier alpha value is -3.84. The number of hydrogen-bond acceptors (Lipinski definition) is 7. The van der Waals surface area contributed by atoms with Gasteiger partial charge in [-0.05, 0) is 31.0 Å². The molecule has 6 rings (SSSR count). The molecular formula is C25H23F4N7O2. The Labute approximate surface area is 213 Å². The summed E-state index contributed by atoms with van der Waals surface area (Å²) in [5, 5.41) is 8.40. The lowest BCUT2D eigenvalue weighted by Crippen LogP contribution is -2.54. The number of fused-ring (bicyclic) bond motifs is 5. The fourth-order valence-corrected chi connectivity index (χ4v) is 5.21. The lowest BCUT2D eigenvalue weighted by Gasteiger charge is -2.40. The second-order valence-electron chi connectivity index (χ2n) is 9.60. The van der Waals surface area contributed by atoms with E-state index in [9.17, 15) is 18.0 Å². The van der Waals surface area contributed by atoms with Crippen molar-refractivity contribution in [3.63, 3.8) is 0 Å². The average molecular weight is 529 g/mol. The maximum Gasteiger partial charge on any atom is 0.417 e. The third-order valence-electron chi connectivity index (χ3n) is 7.09. The van der Waals surface area contributed by atoms with Crippen LogP contribution in [0.4, 0.5) is 23.4 Å². The summed E-state index contributed by atoms with van der Waals surface area (Å²) >= 11 is 0. The summed E-state index contributed by atoms with van der Waals surface area (Å²) in [6, 6.07) is 4.72. The lowest BCUT2D eigenvalue weighted by atomic mass is 10.1. The van der Waals surface area contributed by atoms with Crippen molar-refractivity contribution in [3.8, 4) is 0 Å². The first-order valence-electron chi connectivity index (χ1n) is 12.0. The molecule has 2 aliphatic rings. The molecule has 1 aromatic carbocycles. The van der Waals surface area contributed by atoms with Gasteiger partial charge in [-0.3, -0.25) is 19.5 Å². The summed E-state index contributed by atoms with van der Waals surface area (Å²) in [7, 11) is 1.71. The van der Waals surface area contributed by atoms with Crippen LogP contribution in [0.2, 0.25) is 0 Å². The number of alkyl halides is 3. The average Bonchev–Trinajstić information content (AvgIpc) is 3.43. The SMILES string of the molecule is Cn1ncc2c(N)nc3cc(F)c(C(=O)N(Cc4ccc(C(F)(F)F)cn4)N4CC5CCC(C4)O5)cc3c21. The standard InChI is InChI=1S/C25H23F4N7O2/c1-34-22-18-6-17(20(26)7-21(18)33-23(30)19(22)9-32-34)24(37)36(35-11-15-4-5-16(12-35)38-15)10-14-3-2-13(8-31-14)25(27,28)29/h2-3,6-9,15-16H,4-5,10-12H2,1H3,(H2,30,33). The third kappa shape index (κ3) is 4.21. The maximum atomic E-state index is 15.4. The molecule has 3 aromatic heterocycles. The van der Waals surface area contributed by atoms with Crippen LogP contribution in [0, 0.1) is 5.82 Å². The van der Waals surface area contributed by atoms with E-state index >= 15 is 4.39 Å². The number of halogens is 4. The third-order valence-corrected chi connectivity index (χ3v) is 7.09. The van der Waals surface area contributed by atoms with Crippen molar-refractivity contribution in [1.82, 2.24) is 29.8 Å². The number of nitrogens with zero attached hydrogens (tertiary/aromatic N) is 6. The number of nitrogen functional groups attached to an aromatic ring is 1. The summed E-state index contributed by atoms with van der Waals surface area (Å²) in [6.07, 6.45) is -0.775. The zero-order valence-electron chi connectivity index (χ0n) is 20.2. The number of nitrogens with two attached hydrogens (primary N) is 1. The molecule has 2 unspecified atom stereocenters. The Balaban J connectivity index is 1.41. The number of pyridine rings is 2. The maximum absolute atomic E-state index is 15.4. The Bertz CT molecular complexity index is 1540. The van der Waals surface area contributed by atoms with Gasteiger partial charge in [0.05, 0.1) is 58.2 Å². The number of carbonyl (C=O) groups excluding carboxylic acids is 1. The predicted octanol–water partition coefficient (Wildman–Crippen LogP) is 3.68. The molecule has 2 saturated heterocycles. The van der Waals surface area contributed by atoms with Gasteiger partial charge in [-0.25, -0.2) is 14.4 Å². The van der Waals surface area contributed by atoms with Gasteiger partial charge in [0.15, 0.2) is 0 Å². The van der Waals surface area contributed by atoms with E-state index in [-0.39, 0.29) is 41.3 Å². The molecule has 2 aliphatic heterocycles. The highest BCUT2D eigenvalue weighted by Crippen LogP contribution is 2.32. The van der Waals surface area contributed by atoms with Crippen molar-refractivity contribution in [1.29, 1.82) is 0 Å². The van der Waals surface area contributed by atoms with E-state index in [1.54, 1.807) is 22.9 Å². The molecule has 0 spiro atoms. The van der Waals surface area contributed by atoms with Gasteiger partial charge in [0.25, 0.3) is 5.91 Å². The number of ether oxygens (including phenoxy) is 1. The topological polar surface area (TPSA) is 102 Å². The molecular weight excluding hydrogens is 506 g/mol. The molecule has 38 heavy (non-hydrogen) atoms. The van der Waals surface area contributed by atoms with Crippen LogP contribution in [0.1, 0.15) is 34.5 Å². The lowest BCUT2D eigenvalue weighted by molar-refractivity contribution is -0.137. The molecule has 198 valence electrons. The van der Waals surface area contributed by atoms with Crippen LogP contribution in [0.5, 0.6) is 0 Å². The number of aryl methyl sites for hydroxylation is 1. The number of carbonyl (C=O) groups is 1. The number of benzene rings is 1. The molecule has 1 amide bonds. The summed E-state index contributed by atoms with van der Waals surface area (Å²) in [4.78, 5) is 22.1. The minimum atomic E-state index is -4.53. The minimum absolute atomic E-state index is 0.0905. The Morgan fingerprint density at radius 3 is 2.55 bits per heavy atom. The zero-order chi connectivity index (χ0) is 26.8. The van der Waals surface area contributed by atoms with Gasteiger partial charge < -0.3 is 10.5 Å². The number of morpholine rings is 1. The van der Waals surface area contributed by atoms with Crippen LogP contribution in [-0.4, -0.2) is 61.0 Å². The van der Waals surface area contributed by atoms with Gasteiger partial charge in [0.2, 0.25) is 0 Å². The second kappa shape index (κ2) is 8.88. The first-order valence-corrected chi connectivity index (χ1v) is 12.0. The monoisotopic (exact) mass is 529 g/mol. The fraction of sp³-hybridized carbons (Fsp3) is 0.360. The molecule has 0 saturated carbocycles. The summed E-state index contributed by atoms with van der Waals surface area (Å²) in [5.41, 5.74) is 6.03. The highest BCUT2D eigenvalue weighted by atomic mass is 19.4. The zero-order valence-corrected chi connectivity index (χ0v) is 20.2. The van der Waals surface area contributed by atoms with E-state index in [1.165, 1.54) is 17.1 Å². The van der Waals surface area contributed by atoms with Gasteiger partial charge in [-0.1, -0.05) is 0 Å². The van der Waals surface area contributed by atoms with Gasteiger partial charge in [-0.2, -0.15) is 18.3 Å². The van der Waals surface area contributed by atoms with Crippen LogP contribution in [0.15, 0.2) is 36.7 Å². The van der Waals surface area contributed by atoms with Crippen molar-refractivity contribution in [3.05, 3.63) is 59.3 Å². The van der Waals surface area contributed by atoms with E-state index in [0.717, 1.165) is 31.2 Å². The van der Waals surface area contributed by atoms with Crippen molar-refractivity contribution in [2.24, 2.45) is 7.05 Å². The molecule has 0 aliphatic carbocycles. The highest BCUT2D eigenvalue weighted by Gasteiger charge is 2.38. The van der Waals surface area contributed by atoms with Crippen LogP contribution < -0.4 is 5.73 Å². The number of amides is 1. The van der Waals surface area contributed by atoms with Crippen molar-refractivity contribution in [2.45, 2.75) is 37.8 Å². The summed E-state index contributed by atoms with van der Waals surface area (Å²) < 4.78 is 62.0. The van der Waals surface area contributed by atoms with Gasteiger partial charge >= 0.3 is 6.18 Å². The molecule has 2 N–H and O–H groups in total. The molecule has 2 fully saturated rings. The number of aromatic nitrogens is 4. The van der Waals surface area contributed by atoms with Gasteiger partial charge in [0.1, 0.15) is 11.6 Å².